The van der Waals surface area contributed by atoms with Gasteiger partial charge in [0.25, 0.3) is 0 Å². The van der Waals surface area contributed by atoms with Crippen molar-refractivity contribution in [3.63, 3.8) is 0 Å². The van der Waals surface area contributed by atoms with Crippen molar-refractivity contribution in [2.24, 2.45) is 5.92 Å². The van der Waals surface area contributed by atoms with Gasteiger partial charge in [0.1, 0.15) is 0 Å². The molecule has 1 atom stereocenters. The van der Waals surface area contributed by atoms with E-state index in [1.165, 1.54) is 19.3 Å². The minimum Gasteiger partial charge on any atom is -0.315 e. The highest BCUT2D eigenvalue weighted by Crippen LogP contribution is 2.26. The molecule has 0 aromatic carbocycles. The lowest BCUT2D eigenvalue weighted by molar-refractivity contribution is 0.0824. The highest BCUT2D eigenvalue weighted by atomic mass is 15.2. The minimum absolute atomic E-state index is 0.237. The summed E-state index contributed by atoms with van der Waals surface area (Å²) in [6, 6.07) is 0.576. The summed E-state index contributed by atoms with van der Waals surface area (Å²) in [6.45, 7) is 16.2. The predicted octanol–water partition coefficient (Wildman–Crippen LogP) is 3.52. The van der Waals surface area contributed by atoms with E-state index >= 15 is 0 Å². The number of hydrogen-bond acceptors (Lipinski definition) is 2. The van der Waals surface area contributed by atoms with E-state index in [-0.39, 0.29) is 5.54 Å². The number of nitrogens with one attached hydrogen (secondary N) is 1. The molecule has 0 fully saturated rings. The maximum atomic E-state index is 3.55. The fourth-order valence-electron chi connectivity index (χ4n) is 2.97. The number of nitrogens with zero attached hydrogens (tertiary/aromatic N) is 1. The number of rotatable bonds is 9. The molecule has 2 heteroatoms. The van der Waals surface area contributed by atoms with Crippen molar-refractivity contribution >= 4 is 0 Å². The average Bonchev–Trinajstić information content (AvgIpc) is 2.31. The lowest BCUT2D eigenvalue weighted by Crippen LogP contribution is -2.57. The van der Waals surface area contributed by atoms with Crippen LogP contribution in [-0.4, -0.2) is 36.6 Å². The van der Waals surface area contributed by atoms with Gasteiger partial charge in [-0.2, -0.15) is 0 Å². The molecule has 2 nitrogen and oxygen atoms in total. The molecule has 0 aromatic heterocycles. The van der Waals surface area contributed by atoms with Gasteiger partial charge < -0.3 is 5.32 Å². The summed E-state index contributed by atoms with van der Waals surface area (Å²) < 4.78 is 0. The SMILES string of the molecule is CCC(CC)CC(NC)C(C)(C)N(CC)CC. The summed E-state index contributed by atoms with van der Waals surface area (Å²) in [6.07, 6.45) is 3.87. The fraction of sp³-hybridized carbons (Fsp3) is 1.00. The maximum absolute atomic E-state index is 3.55. The van der Waals surface area contributed by atoms with Crippen molar-refractivity contribution in [1.82, 2.24) is 10.2 Å². The van der Waals surface area contributed by atoms with E-state index in [9.17, 15) is 0 Å². The second-order valence-electron chi connectivity index (χ2n) is 5.59. The van der Waals surface area contributed by atoms with Gasteiger partial charge in [-0.15, -0.1) is 0 Å². The summed E-state index contributed by atoms with van der Waals surface area (Å²) in [5.41, 5.74) is 0.237. The highest BCUT2D eigenvalue weighted by molar-refractivity contribution is 4.93. The third-order valence-corrected chi connectivity index (χ3v) is 4.50. The smallest absolute Gasteiger partial charge is 0.0305 e. The van der Waals surface area contributed by atoms with Gasteiger partial charge in [0, 0.05) is 11.6 Å². The highest BCUT2D eigenvalue weighted by Gasteiger charge is 2.33. The normalized spacial score (nSPS) is 14.6. The first-order valence-electron chi connectivity index (χ1n) is 7.39. The van der Waals surface area contributed by atoms with E-state index in [0.29, 0.717) is 6.04 Å². The molecule has 0 aliphatic rings. The van der Waals surface area contributed by atoms with Crippen molar-refractivity contribution in [3.8, 4) is 0 Å². The first-order chi connectivity index (χ1) is 7.97. The van der Waals surface area contributed by atoms with Gasteiger partial charge in [-0.05, 0) is 46.3 Å². The van der Waals surface area contributed by atoms with Gasteiger partial charge in [0.05, 0.1) is 0 Å². The molecule has 0 bridgehead atoms. The van der Waals surface area contributed by atoms with Gasteiger partial charge in [0.2, 0.25) is 0 Å². The second-order valence-corrected chi connectivity index (χ2v) is 5.59. The lowest BCUT2D eigenvalue weighted by Gasteiger charge is -2.44. The number of hydrogen-bond donors (Lipinski definition) is 1. The van der Waals surface area contributed by atoms with Gasteiger partial charge in [-0.25, -0.2) is 0 Å². The molecule has 1 unspecified atom stereocenters. The standard InChI is InChI=1S/C15H34N2/c1-8-13(9-2)12-14(16-7)15(5,6)17(10-3)11-4/h13-14,16H,8-12H2,1-7H3. The van der Waals surface area contributed by atoms with Gasteiger partial charge >= 0.3 is 0 Å². The van der Waals surface area contributed by atoms with Gasteiger partial charge in [0.15, 0.2) is 0 Å². The Morgan fingerprint density at radius 1 is 1.00 bits per heavy atom. The summed E-state index contributed by atoms with van der Waals surface area (Å²) in [4.78, 5) is 2.57. The summed E-state index contributed by atoms with van der Waals surface area (Å²) in [5, 5.41) is 3.55. The Morgan fingerprint density at radius 3 is 1.76 bits per heavy atom. The summed E-state index contributed by atoms with van der Waals surface area (Å²) in [7, 11) is 2.11. The van der Waals surface area contributed by atoms with Crippen molar-refractivity contribution in [2.45, 2.75) is 72.4 Å². The van der Waals surface area contributed by atoms with Crippen LogP contribution in [-0.2, 0) is 0 Å². The molecule has 17 heavy (non-hydrogen) atoms. The Labute approximate surface area is 109 Å². The van der Waals surface area contributed by atoms with E-state index in [2.05, 4.69) is 58.8 Å². The second kappa shape index (κ2) is 8.10. The molecule has 0 aliphatic heterocycles. The van der Waals surface area contributed by atoms with E-state index in [0.717, 1.165) is 19.0 Å². The molecule has 0 saturated carbocycles. The van der Waals surface area contributed by atoms with Crippen LogP contribution in [0.25, 0.3) is 0 Å². The van der Waals surface area contributed by atoms with Crippen LogP contribution in [0.3, 0.4) is 0 Å². The molecule has 0 saturated heterocycles. The van der Waals surface area contributed by atoms with Crippen molar-refractivity contribution in [2.75, 3.05) is 20.1 Å². The largest absolute Gasteiger partial charge is 0.315 e. The average molecular weight is 242 g/mol. The quantitative estimate of drug-likeness (QED) is 0.665. The third-order valence-electron chi connectivity index (χ3n) is 4.50. The predicted molar refractivity (Wildman–Crippen MR) is 78.5 cm³/mol. The van der Waals surface area contributed by atoms with Gasteiger partial charge in [-0.3, -0.25) is 4.90 Å². The molecule has 0 aromatic rings. The maximum Gasteiger partial charge on any atom is 0.0305 e. The molecule has 0 heterocycles. The van der Waals surface area contributed by atoms with Crippen LogP contribution in [0.2, 0.25) is 0 Å². The topological polar surface area (TPSA) is 15.3 Å². The molecule has 0 radical (unpaired) electrons. The molecule has 0 amide bonds. The molecular formula is C15H34N2. The zero-order valence-corrected chi connectivity index (χ0v) is 13.1. The first kappa shape index (κ1) is 16.9. The number of likely N-dealkylation sites (N-methyl/N-ethyl adjacent to an activating group) is 2. The van der Waals surface area contributed by atoms with Crippen molar-refractivity contribution in [1.29, 1.82) is 0 Å². The molecule has 104 valence electrons. The zero-order chi connectivity index (χ0) is 13.5. The van der Waals surface area contributed by atoms with Crippen molar-refractivity contribution < 1.29 is 0 Å². The summed E-state index contributed by atoms with van der Waals surface area (Å²) >= 11 is 0. The van der Waals surface area contributed by atoms with Crippen molar-refractivity contribution in [3.05, 3.63) is 0 Å². The Balaban J connectivity index is 4.71. The molecule has 0 spiro atoms. The van der Waals surface area contributed by atoms with E-state index in [4.69, 9.17) is 0 Å². The Bertz CT molecular complexity index is 181. The molecule has 0 aliphatic carbocycles. The van der Waals surface area contributed by atoms with E-state index in [1.54, 1.807) is 0 Å². The molecular weight excluding hydrogens is 208 g/mol. The monoisotopic (exact) mass is 242 g/mol. The summed E-state index contributed by atoms with van der Waals surface area (Å²) in [5.74, 6) is 0.849. The van der Waals surface area contributed by atoms with Crippen LogP contribution >= 0.6 is 0 Å². The van der Waals surface area contributed by atoms with Gasteiger partial charge in [-0.1, -0.05) is 40.5 Å². The Morgan fingerprint density at radius 2 is 1.47 bits per heavy atom. The van der Waals surface area contributed by atoms with Crippen LogP contribution in [0.5, 0.6) is 0 Å². The minimum atomic E-state index is 0.237. The Hall–Kier alpha value is -0.0800. The van der Waals surface area contributed by atoms with Crippen LogP contribution in [0.4, 0.5) is 0 Å². The van der Waals surface area contributed by atoms with E-state index < -0.39 is 0 Å². The first-order valence-corrected chi connectivity index (χ1v) is 7.39. The van der Waals surface area contributed by atoms with E-state index in [1.807, 2.05) is 0 Å². The molecule has 1 N–H and O–H groups in total. The Kier molecular flexibility index (Phi) is 8.06. The van der Waals surface area contributed by atoms with Crippen LogP contribution in [0.15, 0.2) is 0 Å². The fourth-order valence-corrected chi connectivity index (χ4v) is 2.97. The van der Waals surface area contributed by atoms with Crippen LogP contribution in [0.1, 0.15) is 60.8 Å². The zero-order valence-electron chi connectivity index (χ0n) is 13.1. The lowest BCUT2D eigenvalue weighted by atomic mass is 9.83. The molecule has 0 rings (SSSR count). The van der Waals surface area contributed by atoms with Crippen LogP contribution < -0.4 is 5.32 Å². The third kappa shape index (κ3) is 4.59. The van der Waals surface area contributed by atoms with Crippen LogP contribution in [0, 0.1) is 5.92 Å².